The van der Waals surface area contributed by atoms with E-state index in [4.69, 9.17) is 23.2 Å². The van der Waals surface area contributed by atoms with Crippen LogP contribution in [0, 0.1) is 11.6 Å². The smallest absolute Gasteiger partial charge is 0.159 e. The highest BCUT2D eigenvalue weighted by molar-refractivity contribution is 9.10. The Hall–Kier alpha value is -0.640. The summed E-state index contributed by atoms with van der Waals surface area (Å²) in [4.78, 5) is 0. The number of hydrogen-bond donors (Lipinski definition) is 0. The van der Waals surface area contributed by atoms with Gasteiger partial charge in [0.1, 0.15) is 0 Å². The fourth-order valence-electron chi connectivity index (χ4n) is 1.74. The summed E-state index contributed by atoms with van der Waals surface area (Å²) in [5.41, 5.74) is 1.37. The Kier molecular flexibility index (Phi) is 4.82. The molecule has 0 radical (unpaired) electrons. The summed E-state index contributed by atoms with van der Waals surface area (Å²) in [5.74, 6) is -1.74. The third-order valence-corrected chi connectivity index (χ3v) is 3.92. The van der Waals surface area contributed by atoms with Crippen molar-refractivity contribution in [1.29, 1.82) is 0 Å². The molecule has 0 aliphatic rings. The number of hydrogen-bond acceptors (Lipinski definition) is 0. The minimum absolute atomic E-state index is 0.370. The lowest BCUT2D eigenvalue weighted by atomic mass is 10.0. The summed E-state index contributed by atoms with van der Waals surface area (Å²) in [6.07, 6.45) is 0.370. The van der Waals surface area contributed by atoms with E-state index in [1.54, 1.807) is 6.07 Å². The zero-order chi connectivity index (χ0) is 14.0. The molecule has 0 bridgehead atoms. The second kappa shape index (κ2) is 6.21. The van der Waals surface area contributed by atoms with E-state index in [2.05, 4.69) is 15.9 Å². The van der Waals surface area contributed by atoms with E-state index in [9.17, 15) is 8.78 Å². The lowest BCUT2D eigenvalue weighted by molar-refractivity contribution is 0.507. The maximum atomic E-state index is 13.1. The fourth-order valence-corrected chi connectivity index (χ4v) is 2.78. The first-order valence-electron chi connectivity index (χ1n) is 5.50. The maximum absolute atomic E-state index is 13.1. The summed E-state index contributed by atoms with van der Waals surface area (Å²) in [5, 5.41) is 0.139. The zero-order valence-corrected chi connectivity index (χ0v) is 12.7. The lowest BCUT2D eigenvalue weighted by Gasteiger charge is -2.12. The molecule has 0 aliphatic heterocycles. The molecule has 0 saturated heterocycles. The van der Waals surface area contributed by atoms with Gasteiger partial charge in [0.15, 0.2) is 11.6 Å². The first-order valence-corrected chi connectivity index (χ1v) is 7.11. The van der Waals surface area contributed by atoms with Crippen LogP contribution in [0.25, 0.3) is 0 Å². The van der Waals surface area contributed by atoms with Gasteiger partial charge in [-0.15, -0.1) is 11.6 Å². The van der Waals surface area contributed by atoms with Gasteiger partial charge in [0, 0.05) is 9.50 Å². The normalized spacial score (nSPS) is 12.5. The SMILES string of the molecule is Fc1ccc(CC(Cl)c2cc(Br)ccc2Cl)cc1F. The molecule has 0 amide bonds. The summed E-state index contributed by atoms with van der Waals surface area (Å²) in [7, 11) is 0. The molecular weight excluding hydrogens is 357 g/mol. The van der Waals surface area contributed by atoms with Gasteiger partial charge in [-0.1, -0.05) is 33.6 Å². The summed E-state index contributed by atoms with van der Waals surface area (Å²) in [6, 6.07) is 9.13. The minimum Gasteiger partial charge on any atom is -0.204 e. The van der Waals surface area contributed by atoms with Gasteiger partial charge in [-0.2, -0.15) is 0 Å². The predicted octanol–water partition coefficient (Wildman–Crippen LogP) is 5.90. The zero-order valence-electron chi connectivity index (χ0n) is 9.64. The van der Waals surface area contributed by atoms with E-state index < -0.39 is 17.0 Å². The molecular formula is C14H9BrCl2F2. The Balaban J connectivity index is 2.22. The molecule has 2 aromatic carbocycles. The van der Waals surface area contributed by atoms with Crippen LogP contribution in [0.4, 0.5) is 8.78 Å². The minimum atomic E-state index is -0.873. The summed E-state index contributed by atoms with van der Waals surface area (Å²) >= 11 is 15.7. The molecule has 0 heterocycles. The van der Waals surface area contributed by atoms with Crippen LogP contribution >= 0.6 is 39.1 Å². The Morgan fingerprint density at radius 2 is 1.79 bits per heavy atom. The standard InChI is InChI=1S/C14H9BrCl2F2/c15-9-2-3-11(16)10(7-9)12(17)5-8-1-4-13(18)14(19)6-8/h1-4,6-7,12H,5H2. The van der Waals surface area contributed by atoms with Crippen LogP contribution < -0.4 is 0 Å². The highest BCUT2D eigenvalue weighted by Gasteiger charge is 2.14. The van der Waals surface area contributed by atoms with E-state index in [1.807, 2.05) is 12.1 Å². The molecule has 19 heavy (non-hydrogen) atoms. The molecule has 2 rings (SSSR count). The topological polar surface area (TPSA) is 0 Å². The molecule has 0 spiro atoms. The first-order chi connectivity index (χ1) is 8.97. The van der Waals surface area contributed by atoms with Crippen LogP contribution in [0.2, 0.25) is 5.02 Å². The quantitative estimate of drug-likeness (QED) is 0.593. The molecule has 100 valence electrons. The van der Waals surface area contributed by atoms with Gasteiger partial charge >= 0.3 is 0 Å². The van der Waals surface area contributed by atoms with Crippen molar-refractivity contribution in [2.24, 2.45) is 0 Å². The average Bonchev–Trinajstić information content (AvgIpc) is 2.36. The van der Waals surface area contributed by atoms with Crippen LogP contribution in [0.15, 0.2) is 40.9 Å². The van der Waals surface area contributed by atoms with E-state index in [-0.39, 0.29) is 0 Å². The van der Waals surface area contributed by atoms with Gasteiger partial charge in [-0.25, -0.2) is 8.78 Å². The van der Waals surface area contributed by atoms with Crippen LogP contribution in [0.3, 0.4) is 0 Å². The third kappa shape index (κ3) is 3.68. The predicted molar refractivity (Wildman–Crippen MR) is 77.8 cm³/mol. The molecule has 0 nitrogen and oxygen atoms in total. The van der Waals surface area contributed by atoms with Gasteiger partial charge in [0.25, 0.3) is 0 Å². The Labute approximate surface area is 128 Å². The van der Waals surface area contributed by atoms with Crippen molar-refractivity contribution < 1.29 is 8.78 Å². The Morgan fingerprint density at radius 1 is 1.05 bits per heavy atom. The Bertz CT molecular complexity index is 602. The van der Waals surface area contributed by atoms with E-state index in [0.717, 1.165) is 22.2 Å². The van der Waals surface area contributed by atoms with E-state index in [1.165, 1.54) is 6.07 Å². The highest BCUT2D eigenvalue weighted by Crippen LogP contribution is 2.33. The van der Waals surface area contributed by atoms with Crippen molar-refractivity contribution >= 4 is 39.1 Å². The van der Waals surface area contributed by atoms with Crippen molar-refractivity contribution in [3.05, 3.63) is 68.7 Å². The first kappa shape index (κ1) is 14.8. The van der Waals surface area contributed by atoms with Crippen molar-refractivity contribution in [3.8, 4) is 0 Å². The second-order valence-electron chi connectivity index (χ2n) is 4.09. The monoisotopic (exact) mass is 364 g/mol. The molecule has 0 aromatic heterocycles. The number of alkyl halides is 1. The van der Waals surface area contributed by atoms with Gasteiger partial charge in [-0.05, 0) is 47.9 Å². The number of benzene rings is 2. The van der Waals surface area contributed by atoms with Crippen LogP contribution in [-0.4, -0.2) is 0 Å². The highest BCUT2D eigenvalue weighted by atomic mass is 79.9. The maximum Gasteiger partial charge on any atom is 0.159 e. The molecule has 0 saturated carbocycles. The van der Waals surface area contributed by atoms with Gasteiger partial charge in [0.2, 0.25) is 0 Å². The molecule has 0 N–H and O–H groups in total. The molecule has 5 heteroatoms. The van der Waals surface area contributed by atoms with Crippen molar-refractivity contribution in [3.63, 3.8) is 0 Å². The number of halogens is 5. The second-order valence-corrected chi connectivity index (χ2v) is 5.94. The average molecular weight is 366 g/mol. The van der Waals surface area contributed by atoms with Crippen LogP contribution in [0.1, 0.15) is 16.5 Å². The Morgan fingerprint density at radius 3 is 2.47 bits per heavy atom. The van der Waals surface area contributed by atoms with Crippen molar-refractivity contribution in [2.75, 3.05) is 0 Å². The van der Waals surface area contributed by atoms with Crippen molar-refractivity contribution in [2.45, 2.75) is 11.8 Å². The molecule has 1 atom stereocenters. The van der Waals surface area contributed by atoms with Crippen LogP contribution in [-0.2, 0) is 6.42 Å². The lowest BCUT2D eigenvalue weighted by Crippen LogP contribution is -1.98. The van der Waals surface area contributed by atoms with Crippen LogP contribution in [0.5, 0.6) is 0 Å². The third-order valence-electron chi connectivity index (χ3n) is 2.69. The van der Waals surface area contributed by atoms with Gasteiger partial charge in [0.05, 0.1) is 5.38 Å². The summed E-state index contributed by atoms with van der Waals surface area (Å²) < 4.78 is 26.8. The van der Waals surface area contributed by atoms with E-state index in [0.29, 0.717) is 17.0 Å². The van der Waals surface area contributed by atoms with E-state index >= 15 is 0 Å². The molecule has 2 aromatic rings. The largest absolute Gasteiger partial charge is 0.204 e. The molecule has 1 unspecified atom stereocenters. The molecule has 0 aliphatic carbocycles. The summed E-state index contributed by atoms with van der Waals surface area (Å²) in [6.45, 7) is 0. The molecule has 0 fully saturated rings. The van der Waals surface area contributed by atoms with Crippen molar-refractivity contribution in [1.82, 2.24) is 0 Å². The number of rotatable bonds is 3. The fraction of sp³-hybridized carbons (Fsp3) is 0.143. The van der Waals surface area contributed by atoms with Gasteiger partial charge in [-0.3, -0.25) is 0 Å². The van der Waals surface area contributed by atoms with Gasteiger partial charge < -0.3 is 0 Å².